The van der Waals surface area contributed by atoms with Crippen LogP contribution in [0.15, 0.2) is 18.2 Å². The Morgan fingerprint density at radius 2 is 2.21 bits per heavy atom. The van der Waals surface area contributed by atoms with Crippen molar-refractivity contribution in [3.05, 3.63) is 35.1 Å². The summed E-state index contributed by atoms with van der Waals surface area (Å²) in [5.41, 5.74) is 7.20. The lowest BCUT2D eigenvalue weighted by atomic mass is 10.1. The Morgan fingerprint density at radius 1 is 1.47 bits per heavy atom. The molecule has 0 aliphatic rings. The summed E-state index contributed by atoms with van der Waals surface area (Å²) in [5.74, 6) is 0.181. The average Bonchev–Trinajstić information content (AvgIpc) is 2.40. The molecule has 0 aliphatic heterocycles. The first-order valence-electron chi connectivity index (χ1n) is 6.74. The fourth-order valence-corrected chi connectivity index (χ4v) is 1.78. The van der Waals surface area contributed by atoms with Crippen LogP contribution in [0.1, 0.15) is 30.9 Å². The molecule has 0 aliphatic carbocycles. The summed E-state index contributed by atoms with van der Waals surface area (Å²) in [5, 5.41) is 2.86. The van der Waals surface area contributed by atoms with Crippen LogP contribution in [0.25, 0.3) is 0 Å². The Labute approximate surface area is 114 Å². The summed E-state index contributed by atoms with van der Waals surface area (Å²) < 4.78 is 13.1. The lowest BCUT2D eigenvalue weighted by Crippen LogP contribution is -2.31. The van der Waals surface area contributed by atoms with Crippen molar-refractivity contribution in [1.82, 2.24) is 5.32 Å². The molecular formula is C15H23FN2O. The minimum Gasteiger partial charge on any atom is -0.356 e. The number of amides is 1. The highest BCUT2D eigenvalue weighted by Gasteiger charge is 2.05. The Kier molecular flexibility index (Phi) is 6.50. The third kappa shape index (κ3) is 5.83. The molecule has 0 heterocycles. The fourth-order valence-electron chi connectivity index (χ4n) is 1.78. The zero-order chi connectivity index (χ0) is 14.3. The number of rotatable bonds is 7. The molecule has 0 spiro atoms. The van der Waals surface area contributed by atoms with Crippen molar-refractivity contribution in [3.8, 4) is 0 Å². The number of nitrogens with one attached hydrogen (secondary N) is 1. The van der Waals surface area contributed by atoms with Crippen LogP contribution in [0.5, 0.6) is 0 Å². The van der Waals surface area contributed by atoms with Crippen molar-refractivity contribution >= 4 is 5.91 Å². The summed E-state index contributed by atoms with van der Waals surface area (Å²) in [6.45, 7) is 4.96. The van der Waals surface area contributed by atoms with Gasteiger partial charge in [-0.3, -0.25) is 4.79 Å². The largest absolute Gasteiger partial charge is 0.356 e. The Hall–Kier alpha value is -1.42. The summed E-state index contributed by atoms with van der Waals surface area (Å²) in [4.78, 5) is 11.6. The molecule has 0 aromatic heterocycles. The molecule has 0 saturated carbocycles. The lowest BCUT2D eigenvalue weighted by molar-refractivity contribution is -0.121. The van der Waals surface area contributed by atoms with Gasteiger partial charge in [-0.25, -0.2) is 4.39 Å². The molecule has 3 nitrogen and oxygen atoms in total. The maximum absolute atomic E-state index is 13.1. The predicted molar refractivity (Wildman–Crippen MR) is 75.3 cm³/mol. The molecule has 0 radical (unpaired) electrons. The van der Waals surface area contributed by atoms with E-state index >= 15 is 0 Å². The number of carbonyl (C=O) groups excluding carboxylic acids is 1. The summed E-state index contributed by atoms with van der Waals surface area (Å²) in [6, 6.07) is 5.09. The molecule has 0 saturated heterocycles. The average molecular weight is 266 g/mol. The predicted octanol–water partition coefficient (Wildman–Crippen LogP) is 2.17. The molecule has 1 amide bonds. The molecule has 1 aromatic rings. The lowest BCUT2D eigenvalue weighted by Gasteiger charge is -2.10. The minimum absolute atomic E-state index is 0.0548. The number of hydrogen-bond donors (Lipinski definition) is 2. The zero-order valence-corrected chi connectivity index (χ0v) is 11.7. The molecule has 0 fully saturated rings. The topological polar surface area (TPSA) is 55.1 Å². The highest BCUT2D eigenvalue weighted by Crippen LogP contribution is 2.11. The van der Waals surface area contributed by atoms with Crippen molar-refractivity contribution in [3.63, 3.8) is 0 Å². The van der Waals surface area contributed by atoms with E-state index in [0.29, 0.717) is 31.0 Å². The van der Waals surface area contributed by atoms with Crippen LogP contribution in [-0.2, 0) is 11.2 Å². The summed E-state index contributed by atoms with van der Waals surface area (Å²) in [6.07, 6.45) is 2.06. The van der Waals surface area contributed by atoms with Crippen LogP contribution in [0.3, 0.4) is 0 Å². The zero-order valence-electron chi connectivity index (χ0n) is 11.7. The van der Waals surface area contributed by atoms with E-state index in [9.17, 15) is 9.18 Å². The van der Waals surface area contributed by atoms with Crippen LogP contribution in [0, 0.1) is 18.7 Å². The van der Waals surface area contributed by atoms with Gasteiger partial charge in [-0.05, 0) is 49.4 Å². The maximum atomic E-state index is 13.1. The van der Waals surface area contributed by atoms with Gasteiger partial charge < -0.3 is 11.1 Å². The van der Waals surface area contributed by atoms with E-state index in [4.69, 9.17) is 5.73 Å². The second kappa shape index (κ2) is 7.89. The molecule has 3 N–H and O–H groups in total. The molecule has 1 unspecified atom stereocenters. The summed E-state index contributed by atoms with van der Waals surface area (Å²) in [7, 11) is 0. The monoisotopic (exact) mass is 266 g/mol. The van der Waals surface area contributed by atoms with Gasteiger partial charge in [0.2, 0.25) is 5.91 Å². The van der Waals surface area contributed by atoms with E-state index in [1.54, 1.807) is 13.0 Å². The van der Waals surface area contributed by atoms with Gasteiger partial charge in [0.15, 0.2) is 0 Å². The molecule has 0 bridgehead atoms. The second-order valence-electron chi connectivity index (χ2n) is 5.08. The number of nitrogens with two attached hydrogens (primary N) is 1. The van der Waals surface area contributed by atoms with Gasteiger partial charge in [0, 0.05) is 13.0 Å². The number of carbonyl (C=O) groups is 1. The van der Waals surface area contributed by atoms with Gasteiger partial charge >= 0.3 is 0 Å². The fraction of sp³-hybridized carbons (Fsp3) is 0.533. The summed E-state index contributed by atoms with van der Waals surface area (Å²) >= 11 is 0. The molecule has 1 aromatic carbocycles. The van der Waals surface area contributed by atoms with Crippen molar-refractivity contribution < 1.29 is 9.18 Å². The molecule has 4 heteroatoms. The smallest absolute Gasteiger partial charge is 0.220 e. The standard InChI is InChI=1S/C15H23FN2O/c1-11(9-17)10-18-15(19)5-3-4-13-6-7-14(16)12(2)8-13/h6-8,11H,3-5,9-10,17H2,1-2H3,(H,18,19). The van der Waals surface area contributed by atoms with Crippen molar-refractivity contribution in [2.75, 3.05) is 13.1 Å². The third-order valence-corrected chi connectivity index (χ3v) is 3.14. The maximum Gasteiger partial charge on any atom is 0.220 e. The first kappa shape index (κ1) is 15.6. The van der Waals surface area contributed by atoms with E-state index in [2.05, 4.69) is 5.32 Å². The second-order valence-corrected chi connectivity index (χ2v) is 5.08. The highest BCUT2D eigenvalue weighted by atomic mass is 19.1. The van der Waals surface area contributed by atoms with Crippen molar-refractivity contribution in [2.24, 2.45) is 11.7 Å². The molecular weight excluding hydrogens is 243 g/mol. The van der Waals surface area contributed by atoms with E-state index in [1.165, 1.54) is 6.07 Å². The van der Waals surface area contributed by atoms with Gasteiger partial charge in [-0.15, -0.1) is 0 Å². The Bertz CT molecular complexity index is 421. The van der Waals surface area contributed by atoms with Gasteiger partial charge in [-0.2, -0.15) is 0 Å². The number of hydrogen-bond acceptors (Lipinski definition) is 2. The van der Waals surface area contributed by atoms with Crippen LogP contribution < -0.4 is 11.1 Å². The first-order chi connectivity index (χ1) is 9.02. The van der Waals surface area contributed by atoms with Crippen LogP contribution >= 0.6 is 0 Å². The molecule has 106 valence electrons. The normalized spacial score (nSPS) is 12.2. The van der Waals surface area contributed by atoms with Gasteiger partial charge in [-0.1, -0.05) is 19.1 Å². The quantitative estimate of drug-likeness (QED) is 0.794. The van der Waals surface area contributed by atoms with E-state index in [-0.39, 0.29) is 11.7 Å². The third-order valence-electron chi connectivity index (χ3n) is 3.14. The van der Waals surface area contributed by atoms with Crippen LogP contribution in [0.2, 0.25) is 0 Å². The highest BCUT2D eigenvalue weighted by molar-refractivity contribution is 5.75. The van der Waals surface area contributed by atoms with Gasteiger partial charge in [0.1, 0.15) is 5.82 Å². The Balaban J connectivity index is 2.26. The SMILES string of the molecule is Cc1cc(CCCC(=O)NCC(C)CN)ccc1F. The molecule has 1 atom stereocenters. The van der Waals surface area contributed by atoms with E-state index in [0.717, 1.165) is 18.4 Å². The minimum atomic E-state index is -0.183. The number of aryl methyl sites for hydroxylation is 2. The van der Waals surface area contributed by atoms with Gasteiger partial charge in [0.25, 0.3) is 0 Å². The number of benzene rings is 1. The van der Waals surface area contributed by atoms with E-state index in [1.807, 2.05) is 13.0 Å². The van der Waals surface area contributed by atoms with Crippen LogP contribution in [-0.4, -0.2) is 19.0 Å². The molecule has 1 rings (SSSR count). The van der Waals surface area contributed by atoms with Crippen LogP contribution in [0.4, 0.5) is 4.39 Å². The molecule has 19 heavy (non-hydrogen) atoms. The number of halogens is 1. The Morgan fingerprint density at radius 3 is 2.84 bits per heavy atom. The van der Waals surface area contributed by atoms with Crippen molar-refractivity contribution in [1.29, 1.82) is 0 Å². The first-order valence-corrected chi connectivity index (χ1v) is 6.74. The van der Waals surface area contributed by atoms with E-state index < -0.39 is 0 Å². The van der Waals surface area contributed by atoms with Crippen molar-refractivity contribution in [2.45, 2.75) is 33.1 Å². The van der Waals surface area contributed by atoms with Gasteiger partial charge in [0.05, 0.1) is 0 Å².